The lowest BCUT2D eigenvalue weighted by Gasteiger charge is -2.25. The van der Waals surface area contributed by atoms with Crippen LogP contribution in [0, 0.1) is 6.92 Å². The van der Waals surface area contributed by atoms with Gasteiger partial charge >= 0.3 is 5.97 Å². The van der Waals surface area contributed by atoms with E-state index in [9.17, 15) is 9.59 Å². The van der Waals surface area contributed by atoms with E-state index >= 15 is 0 Å². The van der Waals surface area contributed by atoms with Crippen molar-refractivity contribution in [2.45, 2.75) is 33.2 Å². The van der Waals surface area contributed by atoms with Gasteiger partial charge in [0.05, 0.1) is 17.8 Å². The molecule has 0 saturated carbocycles. The van der Waals surface area contributed by atoms with Crippen LogP contribution in [0.25, 0.3) is 5.69 Å². The van der Waals surface area contributed by atoms with Crippen LogP contribution < -0.4 is 9.47 Å². The van der Waals surface area contributed by atoms with Crippen LogP contribution in [-0.2, 0) is 4.79 Å². The molecular formula is C18H22N4O5. The Kier molecular flexibility index (Phi) is 5.29. The highest BCUT2D eigenvalue weighted by Crippen LogP contribution is 2.32. The summed E-state index contributed by atoms with van der Waals surface area (Å²) < 4.78 is 12.7. The van der Waals surface area contributed by atoms with Gasteiger partial charge in [0.2, 0.25) is 0 Å². The number of rotatable bonds is 6. The van der Waals surface area contributed by atoms with Gasteiger partial charge in [-0.25, -0.2) is 4.68 Å². The Morgan fingerprint density at radius 3 is 2.63 bits per heavy atom. The minimum atomic E-state index is -0.954. The summed E-state index contributed by atoms with van der Waals surface area (Å²) in [7, 11) is 0. The van der Waals surface area contributed by atoms with E-state index in [0.29, 0.717) is 36.1 Å². The van der Waals surface area contributed by atoms with E-state index in [2.05, 4.69) is 10.3 Å². The van der Waals surface area contributed by atoms with E-state index in [1.165, 1.54) is 4.90 Å². The quantitative estimate of drug-likeness (QED) is 0.819. The summed E-state index contributed by atoms with van der Waals surface area (Å²) >= 11 is 0. The number of hydrogen-bond donors (Lipinski definition) is 1. The second kappa shape index (κ2) is 7.65. The van der Waals surface area contributed by atoms with Crippen molar-refractivity contribution in [1.29, 1.82) is 0 Å². The van der Waals surface area contributed by atoms with Gasteiger partial charge in [0.15, 0.2) is 17.2 Å². The topological polar surface area (TPSA) is 107 Å². The number of carboxylic acids is 1. The maximum atomic E-state index is 12.9. The summed E-state index contributed by atoms with van der Waals surface area (Å²) in [6.07, 6.45) is -0.126. The first kappa shape index (κ1) is 18.7. The van der Waals surface area contributed by atoms with Crippen molar-refractivity contribution in [2.75, 3.05) is 19.8 Å². The molecule has 2 heterocycles. The van der Waals surface area contributed by atoms with Crippen LogP contribution in [0.3, 0.4) is 0 Å². The van der Waals surface area contributed by atoms with Crippen molar-refractivity contribution >= 4 is 11.9 Å². The number of carbonyl (C=O) groups excluding carboxylic acids is 1. The number of aromatic nitrogens is 3. The highest BCUT2D eigenvalue weighted by Gasteiger charge is 2.25. The number of hydrogen-bond acceptors (Lipinski definition) is 6. The van der Waals surface area contributed by atoms with Gasteiger partial charge in [-0.2, -0.15) is 0 Å². The van der Waals surface area contributed by atoms with Gasteiger partial charge < -0.3 is 19.5 Å². The van der Waals surface area contributed by atoms with Crippen LogP contribution in [0.4, 0.5) is 0 Å². The second-order valence-electron chi connectivity index (χ2n) is 6.50. The first-order chi connectivity index (χ1) is 12.9. The molecule has 2 aromatic rings. The van der Waals surface area contributed by atoms with E-state index in [1.54, 1.807) is 23.7 Å². The molecule has 144 valence electrons. The summed E-state index contributed by atoms with van der Waals surface area (Å²) in [5.41, 5.74) is 1.46. The number of carbonyl (C=O) groups is 2. The Hall–Kier alpha value is -3.10. The zero-order valence-electron chi connectivity index (χ0n) is 15.5. The number of aliphatic carboxylic acids is 1. The Labute approximate surface area is 156 Å². The van der Waals surface area contributed by atoms with Gasteiger partial charge in [0.25, 0.3) is 5.91 Å². The van der Waals surface area contributed by atoms with Gasteiger partial charge in [0.1, 0.15) is 13.2 Å². The number of ether oxygens (including phenoxy) is 2. The molecule has 1 aromatic heterocycles. The lowest BCUT2D eigenvalue weighted by Crippen LogP contribution is -2.39. The largest absolute Gasteiger partial charge is 0.486 e. The maximum absolute atomic E-state index is 12.9. The van der Waals surface area contributed by atoms with Crippen molar-refractivity contribution in [3.8, 4) is 17.2 Å². The first-order valence-electron chi connectivity index (χ1n) is 8.73. The number of fused-ring (bicyclic) bond motifs is 1. The van der Waals surface area contributed by atoms with Crippen molar-refractivity contribution in [3.63, 3.8) is 0 Å². The van der Waals surface area contributed by atoms with Gasteiger partial charge in [-0.15, -0.1) is 5.10 Å². The van der Waals surface area contributed by atoms with E-state index in [-0.39, 0.29) is 30.6 Å². The first-order valence-corrected chi connectivity index (χ1v) is 8.73. The molecule has 0 radical (unpaired) electrons. The number of amides is 1. The molecule has 0 fully saturated rings. The lowest BCUT2D eigenvalue weighted by atomic mass is 10.2. The fourth-order valence-electron chi connectivity index (χ4n) is 2.88. The van der Waals surface area contributed by atoms with Crippen LogP contribution in [0.5, 0.6) is 11.5 Å². The molecule has 0 saturated heterocycles. The fraction of sp³-hybridized carbons (Fsp3) is 0.444. The molecule has 1 amide bonds. The normalized spacial score (nSPS) is 12.9. The second-order valence-corrected chi connectivity index (χ2v) is 6.50. The van der Waals surface area contributed by atoms with Crippen molar-refractivity contribution in [2.24, 2.45) is 0 Å². The molecule has 9 nitrogen and oxygen atoms in total. The summed E-state index contributed by atoms with van der Waals surface area (Å²) in [5, 5.41) is 17.0. The number of carboxylic acid groups (broad SMARTS) is 1. The van der Waals surface area contributed by atoms with Crippen molar-refractivity contribution < 1.29 is 24.2 Å². The summed E-state index contributed by atoms with van der Waals surface area (Å²) in [6, 6.07) is 5.23. The summed E-state index contributed by atoms with van der Waals surface area (Å²) in [5.74, 6) is -0.0110. The van der Waals surface area contributed by atoms with Crippen LogP contribution in [0.2, 0.25) is 0 Å². The molecule has 9 heteroatoms. The van der Waals surface area contributed by atoms with E-state index < -0.39 is 5.97 Å². The van der Waals surface area contributed by atoms with Crippen LogP contribution in [0.15, 0.2) is 18.2 Å². The van der Waals surface area contributed by atoms with Gasteiger partial charge in [-0.3, -0.25) is 9.59 Å². The van der Waals surface area contributed by atoms with Crippen molar-refractivity contribution in [3.05, 3.63) is 29.6 Å². The average molecular weight is 374 g/mol. The standard InChI is InChI=1S/C18H22N4O5/c1-11(2)21(7-6-16(23)24)18(25)17-12(3)22(20-19-17)13-4-5-14-15(10-13)27-9-8-26-14/h4-5,10-11H,6-9H2,1-3H3,(H,23,24). The average Bonchev–Trinajstić information content (AvgIpc) is 3.02. The minimum Gasteiger partial charge on any atom is -0.486 e. The Bertz CT molecular complexity index is 861. The molecule has 0 aliphatic carbocycles. The van der Waals surface area contributed by atoms with Crippen LogP contribution in [0.1, 0.15) is 36.5 Å². The molecule has 1 aromatic carbocycles. The van der Waals surface area contributed by atoms with Gasteiger partial charge in [0, 0.05) is 18.7 Å². The molecule has 27 heavy (non-hydrogen) atoms. The maximum Gasteiger partial charge on any atom is 0.305 e. The molecule has 0 unspecified atom stereocenters. The molecule has 1 aliphatic rings. The molecule has 1 N–H and O–H groups in total. The predicted molar refractivity (Wildman–Crippen MR) is 95.5 cm³/mol. The van der Waals surface area contributed by atoms with Gasteiger partial charge in [-0.05, 0) is 32.9 Å². The highest BCUT2D eigenvalue weighted by molar-refractivity contribution is 5.93. The fourth-order valence-corrected chi connectivity index (χ4v) is 2.88. The van der Waals surface area contributed by atoms with Crippen LogP contribution >= 0.6 is 0 Å². The SMILES string of the molecule is Cc1c(C(=O)N(CCC(=O)O)C(C)C)nnn1-c1ccc2c(c1)OCCO2. The Balaban J connectivity index is 1.88. The summed E-state index contributed by atoms with van der Waals surface area (Å²) in [4.78, 5) is 25.2. The molecule has 0 atom stereocenters. The molecule has 0 bridgehead atoms. The Morgan fingerprint density at radius 1 is 1.26 bits per heavy atom. The van der Waals surface area contributed by atoms with Crippen LogP contribution in [-0.4, -0.2) is 62.7 Å². The molecule has 0 spiro atoms. The Morgan fingerprint density at radius 2 is 1.96 bits per heavy atom. The third-order valence-electron chi connectivity index (χ3n) is 4.32. The zero-order valence-corrected chi connectivity index (χ0v) is 15.5. The third kappa shape index (κ3) is 3.86. The number of nitrogens with zero attached hydrogens (tertiary/aromatic N) is 4. The van der Waals surface area contributed by atoms with Crippen molar-refractivity contribution in [1.82, 2.24) is 19.9 Å². The van der Waals surface area contributed by atoms with E-state index in [1.807, 2.05) is 19.9 Å². The molecular weight excluding hydrogens is 352 g/mol. The molecule has 1 aliphatic heterocycles. The third-order valence-corrected chi connectivity index (χ3v) is 4.32. The van der Waals surface area contributed by atoms with Gasteiger partial charge in [-0.1, -0.05) is 5.21 Å². The summed E-state index contributed by atoms with van der Waals surface area (Å²) in [6.45, 7) is 6.51. The van der Waals surface area contributed by atoms with E-state index in [0.717, 1.165) is 0 Å². The zero-order chi connectivity index (χ0) is 19.6. The predicted octanol–water partition coefficient (Wildman–Crippen LogP) is 1.67. The lowest BCUT2D eigenvalue weighted by molar-refractivity contribution is -0.137. The molecule has 3 rings (SSSR count). The monoisotopic (exact) mass is 374 g/mol. The van der Waals surface area contributed by atoms with E-state index in [4.69, 9.17) is 14.6 Å². The minimum absolute atomic E-state index is 0.113. The highest BCUT2D eigenvalue weighted by atomic mass is 16.6. The number of benzene rings is 1. The smallest absolute Gasteiger partial charge is 0.305 e.